The van der Waals surface area contributed by atoms with E-state index in [2.05, 4.69) is 6.07 Å². The number of nitrogen functional groups attached to an aromatic ring is 1. The van der Waals surface area contributed by atoms with Crippen LogP contribution in [0.2, 0.25) is 0 Å². The standard InChI is InChI=1S/C15H21N3O2/c1-4-18(10-11(3)9-16)14-8-12(6-7-13(14)17)15(19)20-5-2/h6-8,11H,4-5,10,17H2,1-3H3. The van der Waals surface area contributed by atoms with Crippen LogP contribution in [0.4, 0.5) is 11.4 Å². The quantitative estimate of drug-likeness (QED) is 0.637. The van der Waals surface area contributed by atoms with E-state index in [4.69, 9.17) is 15.7 Å². The van der Waals surface area contributed by atoms with Crippen molar-refractivity contribution >= 4 is 17.3 Å². The Morgan fingerprint density at radius 2 is 2.20 bits per heavy atom. The lowest BCUT2D eigenvalue weighted by atomic mass is 10.1. The van der Waals surface area contributed by atoms with Gasteiger partial charge in [0.1, 0.15) is 0 Å². The van der Waals surface area contributed by atoms with Crippen molar-refractivity contribution in [2.45, 2.75) is 20.8 Å². The first-order chi connectivity index (χ1) is 9.53. The fourth-order valence-corrected chi connectivity index (χ4v) is 1.93. The number of benzene rings is 1. The van der Waals surface area contributed by atoms with Crippen molar-refractivity contribution in [1.82, 2.24) is 0 Å². The molecule has 2 N–H and O–H groups in total. The molecular weight excluding hydrogens is 254 g/mol. The second-order valence-electron chi connectivity index (χ2n) is 4.56. The third-order valence-corrected chi connectivity index (χ3v) is 2.98. The molecule has 0 heterocycles. The largest absolute Gasteiger partial charge is 0.462 e. The SMILES string of the molecule is CCOC(=O)c1ccc(N)c(N(CC)CC(C)C#N)c1. The Hall–Kier alpha value is -2.22. The van der Waals surface area contributed by atoms with Crippen LogP contribution in [0.15, 0.2) is 18.2 Å². The smallest absolute Gasteiger partial charge is 0.338 e. The summed E-state index contributed by atoms with van der Waals surface area (Å²) in [6, 6.07) is 7.27. The molecule has 0 aliphatic carbocycles. The van der Waals surface area contributed by atoms with Crippen molar-refractivity contribution in [1.29, 1.82) is 5.26 Å². The van der Waals surface area contributed by atoms with E-state index < -0.39 is 0 Å². The van der Waals surface area contributed by atoms with Gasteiger partial charge in [0, 0.05) is 13.1 Å². The molecule has 0 bridgehead atoms. The number of carbonyl (C=O) groups excluding carboxylic acids is 1. The predicted molar refractivity (Wildman–Crippen MR) is 79.5 cm³/mol. The van der Waals surface area contributed by atoms with Gasteiger partial charge in [-0.1, -0.05) is 0 Å². The maximum Gasteiger partial charge on any atom is 0.338 e. The summed E-state index contributed by atoms with van der Waals surface area (Å²) in [5.41, 5.74) is 7.80. The molecule has 1 aromatic rings. The number of rotatable bonds is 6. The highest BCUT2D eigenvalue weighted by molar-refractivity contribution is 5.92. The van der Waals surface area contributed by atoms with Gasteiger partial charge in [-0.3, -0.25) is 0 Å². The molecule has 0 aliphatic rings. The molecule has 0 aliphatic heterocycles. The molecular formula is C15H21N3O2. The second kappa shape index (κ2) is 7.39. The lowest BCUT2D eigenvalue weighted by molar-refractivity contribution is 0.0526. The summed E-state index contributed by atoms with van der Waals surface area (Å²) in [4.78, 5) is 13.8. The zero-order valence-corrected chi connectivity index (χ0v) is 12.2. The highest BCUT2D eigenvalue weighted by atomic mass is 16.5. The first kappa shape index (κ1) is 15.8. The molecule has 5 heteroatoms. The van der Waals surface area contributed by atoms with Crippen LogP contribution in [0.1, 0.15) is 31.1 Å². The Morgan fingerprint density at radius 1 is 1.50 bits per heavy atom. The first-order valence-corrected chi connectivity index (χ1v) is 6.74. The van der Waals surface area contributed by atoms with Crippen LogP contribution >= 0.6 is 0 Å². The fraction of sp³-hybridized carbons (Fsp3) is 0.467. The van der Waals surface area contributed by atoms with E-state index in [-0.39, 0.29) is 11.9 Å². The Balaban J connectivity index is 3.05. The van der Waals surface area contributed by atoms with Gasteiger partial charge in [-0.15, -0.1) is 0 Å². The molecule has 1 atom stereocenters. The lowest BCUT2D eigenvalue weighted by Crippen LogP contribution is -2.28. The Morgan fingerprint density at radius 3 is 2.75 bits per heavy atom. The summed E-state index contributed by atoms with van der Waals surface area (Å²) < 4.78 is 4.99. The van der Waals surface area contributed by atoms with Crippen molar-refractivity contribution in [2.24, 2.45) is 5.92 Å². The van der Waals surface area contributed by atoms with Gasteiger partial charge in [0.25, 0.3) is 0 Å². The molecule has 0 aromatic heterocycles. The van der Waals surface area contributed by atoms with Crippen molar-refractivity contribution in [3.63, 3.8) is 0 Å². The minimum atomic E-state index is -0.363. The van der Waals surface area contributed by atoms with Crippen LogP contribution in [0.5, 0.6) is 0 Å². The number of nitriles is 1. The number of carbonyl (C=O) groups is 1. The third-order valence-electron chi connectivity index (χ3n) is 2.98. The molecule has 5 nitrogen and oxygen atoms in total. The summed E-state index contributed by atoms with van der Waals surface area (Å²) in [7, 11) is 0. The minimum Gasteiger partial charge on any atom is -0.462 e. The number of esters is 1. The van der Waals surface area contributed by atoms with Crippen LogP contribution < -0.4 is 10.6 Å². The number of hydrogen-bond acceptors (Lipinski definition) is 5. The van der Waals surface area contributed by atoms with Gasteiger partial charge >= 0.3 is 5.97 Å². The normalized spacial score (nSPS) is 11.5. The second-order valence-corrected chi connectivity index (χ2v) is 4.56. The van der Waals surface area contributed by atoms with E-state index in [9.17, 15) is 4.79 Å². The van der Waals surface area contributed by atoms with Crippen LogP contribution in [-0.2, 0) is 4.74 Å². The summed E-state index contributed by atoms with van der Waals surface area (Å²) in [5, 5.41) is 8.93. The molecule has 20 heavy (non-hydrogen) atoms. The van der Waals surface area contributed by atoms with Gasteiger partial charge in [0.05, 0.1) is 35.5 Å². The van der Waals surface area contributed by atoms with Gasteiger partial charge < -0.3 is 15.4 Å². The van der Waals surface area contributed by atoms with E-state index in [0.29, 0.717) is 30.9 Å². The fourth-order valence-electron chi connectivity index (χ4n) is 1.93. The Bertz CT molecular complexity index is 508. The van der Waals surface area contributed by atoms with Gasteiger partial charge in [0.2, 0.25) is 0 Å². The van der Waals surface area contributed by atoms with E-state index in [1.165, 1.54) is 0 Å². The first-order valence-electron chi connectivity index (χ1n) is 6.74. The van der Waals surface area contributed by atoms with Crippen LogP contribution in [-0.4, -0.2) is 25.7 Å². The average Bonchev–Trinajstić information content (AvgIpc) is 2.45. The number of nitrogens with two attached hydrogens (primary N) is 1. The van der Waals surface area contributed by atoms with Gasteiger partial charge in [-0.25, -0.2) is 4.79 Å². The number of ether oxygens (including phenoxy) is 1. The molecule has 0 saturated heterocycles. The summed E-state index contributed by atoms with van der Waals surface area (Å²) >= 11 is 0. The van der Waals surface area contributed by atoms with Gasteiger partial charge in [-0.05, 0) is 39.0 Å². The van der Waals surface area contributed by atoms with Gasteiger partial charge in [-0.2, -0.15) is 5.26 Å². The molecule has 0 radical (unpaired) electrons. The molecule has 0 amide bonds. The number of nitrogens with zero attached hydrogens (tertiary/aromatic N) is 2. The van der Waals surface area contributed by atoms with E-state index in [1.54, 1.807) is 25.1 Å². The third kappa shape index (κ3) is 3.89. The summed E-state index contributed by atoms with van der Waals surface area (Å²) in [5.74, 6) is -0.473. The minimum absolute atomic E-state index is 0.111. The number of anilines is 2. The Kier molecular flexibility index (Phi) is 5.85. The predicted octanol–water partition coefficient (Wildman–Crippen LogP) is 2.43. The maximum atomic E-state index is 11.8. The highest BCUT2D eigenvalue weighted by Gasteiger charge is 2.15. The molecule has 0 fully saturated rings. The zero-order valence-electron chi connectivity index (χ0n) is 12.2. The summed E-state index contributed by atoms with van der Waals surface area (Å²) in [6.45, 7) is 7.23. The maximum absolute atomic E-state index is 11.8. The zero-order chi connectivity index (χ0) is 15.1. The van der Waals surface area contributed by atoms with E-state index in [1.807, 2.05) is 18.7 Å². The molecule has 1 unspecified atom stereocenters. The molecule has 1 aromatic carbocycles. The van der Waals surface area contributed by atoms with Crippen molar-refractivity contribution in [3.05, 3.63) is 23.8 Å². The summed E-state index contributed by atoms with van der Waals surface area (Å²) in [6.07, 6.45) is 0. The molecule has 0 spiro atoms. The van der Waals surface area contributed by atoms with Crippen molar-refractivity contribution in [3.8, 4) is 6.07 Å². The average molecular weight is 275 g/mol. The van der Waals surface area contributed by atoms with Crippen LogP contribution in [0.3, 0.4) is 0 Å². The van der Waals surface area contributed by atoms with Crippen molar-refractivity contribution in [2.75, 3.05) is 30.3 Å². The lowest BCUT2D eigenvalue weighted by Gasteiger charge is -2.26. The molecule has 108 valence electrons. The van der Waals surface area contributed by atoms with Gasteiger partial charge in [0.15, 0.2) is 0 Å². The molecule has 1 rings (SSSR count). The van der Waals surface area contributed by atoms with Crippen LogP contribution in [0, 0.1) is 17.2 Å². The molecule has 0 saturated carbocycles. The monoisotopic (exact) mass is 275 g/mol. The van der Waals surface area contributed by atoms with Crippen molar-refractivity contribution < 1.29 is 9.53 Å². The number of hydrogen-bond donors (Lipinski definition) is 1. The van der Waals surface area contributed by atoms with Crippen LogP contribution in [0.25, 0.3) is 0 Å². The Labute approximate surface area is 119 Å². The topological polar surface area (TPSA) is 79.3 Å². The van der Waals surface area contributed by atoms with E-state index >= 15 is 0 Å². The van der Waals surface area contributed by atoms with E-state index in [0.717, 1.165) is 5.69 Å². The highest BCUT2D eigenvalue weighted by Crippen LogP contribution is 2.25.